The van der Waals surface area contributed by atoms with E-state index < -0.39 is 11.6 Å². The number of hydrogen-bond acceptors (Lipinski definition) is 4. The molecule has 156 valence electrons. The van der Waals surface area contributed by atoms with Crippen molar-refractivity contribution in [2.24, 2.45) is 9.98 Å². The number of aliphatic imine (C=N–C) groups is 2. The minimum atomic E-state index is -1.01. The van der Waals surface area contributed by atoms with Crippen LogP contribution in [0, 0.1) is 18.6 Å². The van der Waals surface area contributed by atoms with Crippen LogP contribution in [0.4, 0.5) is 25.8 Å². The Morgan fingerprint density at radius 2 is 1.68 bits per heavy atom. The van der Waals surface area contributed by atoms with Crippen molar-refractivity contribution in [2.75, 3.05) is 11.1 Å². The van der Waals surface area contributed by atoms with E-state index in [2.05, 4.69) is 5.32 Å². The van der Waals surface area contributed by atoms with Crippen molar-refractivity contribution in [1.29, 1.82) is 0 Å². The second kappa shape index (κ2) is 9.22. The van der Waals surface area contributed by atoms with E-state index in [0.717, 1.165) is 45.4 Å². The van der Waals surface area contributed by atoms with Gasteiger partial charge >= 0.3 is 0 Å². The van der Waals surface area contributed by atoms with Gasteiger partial charge in [0.2, 0.25) is 5.91 Å². The summed E-state index contributed by atoms with van der Waals surface area (Å²) in [6.45, 7) is 2.03. The van der Waals surface area contributed by atoms with Gasteiger partial charge in [-0.25, -0.2) is 13.8 Å². The highest BCUT2D eigenvalue weighted by atomic mass is 32.2. The molecule has 1 heterocycles. The van der Waals surface area contributed by atoms with Crippen LogP contribution in [0.2, 0.25) is 0 Å². The van der Waals surface area contributed by atoms with Gasteiger partial charge in [0.15, 0.2) is 11.6 Å². The normalized spacial score (nSPS) is 13.0. The second-order valence-corrected chi connectivity index (χ2v) is 8.11. The van der Waals surface area contributed by atoms with Gasteiger partial charge in [-0.05, 0) is 36.8 Å². The van der Waals surface area contributed by atoms with Gasteiger partial charge in [-0.3, -0.25) is 9.79 Å². The summed E-state index contributed by atoms with van der Waals surface area (Å²) in [6, 6.07) is 19.0. The minimum Gasteiger partial charge on any atom is -0.325 e. The van der Waals surface area contributed by atoms with Crippen LogP contribution in [0.15, 0.2) is 76.7 Å². The van der Waals surface area contributed by atoms with Gasteiger partial charge in [0.1, 0.15) is 0 Å². The topological polar surface area (TPSA) is 53.8 Å². The standard InChI is InChI=1S/C24H19F2N3OS/c1-15-6-8-16(9-7-15)22-13-24(29-21-5-3-2-4-20(21)28-22)31-14-23(30)27-17-10-11-18(25)19(26)12-17/h2-12H,13-14H2,1H3,(H,27,30). The molecule has 31 heavy (non-hydrogen) atoms. The fourth-order valence-electron chi connectivity index (χ4n) is 3.07. The Hall–Kier alpha value is -3.32. The zero-order valence-corrected chi connectivity index (χ0v) is 17.5. The number of nitrogens with one attached hydrogen (secondary N) is 1. The van der Waals surface area contributed by atoms with Gasteiger partial charge in [0, 0.05) is 18.2 Å². The summed E-state index contributed by atoms with van der Waals surface area (Å²) in [5, 5.41) is 3.34. The average Bonchev–Trinajstić information content (AvgIpc) is 2.95. The molecule has 0 radical (unpaired) electrons. The molecule has 0 spiro atoms. The first-order valence-electron chi connectivity index (χ1n) is 9.67. The molecule has 0 saturated heterocycles. The summed E-state index contributed by atoms with van der Waals surface area (Å²) in [7, 11) is 0. The quantitative estimate of drug-likeness (QED) is 0.530. The van der Waals surface area contributed by atoms with Crippen molar-refractivity contribution in [3.05, 3.63) is 89.5 Å². The molecule has 0 aromatic heterocycles. The van der Waals surface area contributed by atoms with Crippen LogP contribution in [-0.4, -0.2) is 22.4 Å². The summed E-state index contributed by atoms with van der Waals surface area (Å²) in [6.07, 6.45) is 0.487. The highest BCUT2D eigenvalue weighted by Crippen LogP contribution is 2.33. The van der Waals surface area contributed by atoms with E-state index in [-0.39, 0.29) is 17.3 Å². The predicted octanol–water partition coefficient (Wildman–Crippen LogP) is 6.20. The van der Waals surface area contributed by atoms with Crippen LogP contribution in [-0.2, 0) is 4.79 Å². The van der Waals surface area contributed by atoms with Crippen molar-refractivity contribution in [1.82, 2.24) is 0 Å². The van der Waals surface area contributed by atoms with Crippen molar-refractivity contribution < 1.29 is 13.6 Å². The number of anilines is 1. The second-order valence-electron chi connectivity index (χ2n) is 7.06. The number of fused-ring (bicyclic) bond motifs is 1. The first-order valence-corrected chi connectivity index (χ1v) is 10.7. The number of thioether (sulfide) groups is 1. The van der Waals surface area contributed by atoms with Crippen LogP contribution in [0.1, 0.15) is 17.5 Å². The number of carbonyl (C=O) groups excluding carboxylic acids is 1. The van der Waals surface area contributed by atoms with E-state index in [0.29, 0.717) is 6.42 Å². The van der Waals surface area contributed by atoms with E-state index in [9.17, 15) is 13.6 Å². The summed E-state index contributed by atoms with van der Waals surface area (Å²) in [5.74, 6) is -2.21. The fraction of sp³-hybridized carbons (Fsp3) is 0.125. The first-order chi connectivity index (χ1) is 15.0. The van der Waals surface area contributed by atoms with E-state index in [4.69, 9.17) is 9.98 Å². The fourth-order valence-corrected chi connectivity index (χ4v) is 3.84. The maximum atomic E-state index is 13.4. The molecule has 7 heteroatoms. The van der Waals surface area contributed by atoms with Crippen molar-refractivity contribution >= 4 is 45.5 Å². The number of para-hydroxylation sites is 2. The number of aryl methyl sites for hydroxylation is 1. The lowest BCUT2D eigenvalue weighted by atomic mass is 10.1. The Morgan fingerprint density at radius 3 is 2.39 bits per heavy atom. The molecule has 3 aromatic carbocycles. The number of rotatable bonds is 4. The largest absolute Gasteiger partial charge is 0.325 e. The van der Waals surface area contributed by atoms with Crippen LogP contribution >= 0.6 is 11.8 Å². The van der Waals surface area contributed by atoms with Gasteiger partial charge in [0.05, 0.1) is 27.9 Å². The molecule has 0 saturated carbocycles. The number of nitrogens with zero attached hydrogens (tertiary/aromatic N) is 2. The third-order valence-corrected chi connectivity index (χ3v) is 5.63. The third kappa shape index (κ3) is 5.24. The maximum Gasteiger partial charge on any atom is 0.234 e. The van der Waals surface area contributed by atoms with Gasteiger partial charge in [-0.15, -0.1) is 11.8 Å². The van der Waals surface area contributed by atoms with Gasteiger partial charge in [-0.1, -0.05) is 42.0 Å². The Morgan fingerprint density at radius 1 is 0.968 bits per heavy atom. The third-order valence-electron chi connectivity index (χ3n) is 4.66. The number of carbonyl (C=O) groups is 1. The molecule has 0 fully saturated rings. The maximum absolute atomic E-state index is 13.4. The van der Waals surface area contributed by atoms with Crippen LogP contribution in [0.5, 0.6) is 0 Å². The molecule has 4 nitrogen and oxygen atoms in total. The molecule has 1 aliphatic heterocycles. The summed E-state index contributed by atoms with van der Waals surface area (Å²) in [5.41, 5.74) is 4.77. The lowest BCUT2D eigenvalue weighted by molar-refractivity contribution is -0.113. The lowest BCUT2D eigenvalue weighted by Gasteiger charge is -2.09. The molecule has 0 bridgehead atoms. The van der Waals surface area contributed by atoms with E-state index >= 15 is 0 Å². The van der Waals surface area contributed by atoms with Crippen LogP contribution in [0.3, 0.4) is 0 Å². The molecule has 0 atom stereocenters. The van der Waals surface area contributed by atoms with Crippen molar-refractivity contribution in [3.8, 4) is 0 Å². The summed E-state index contributed by atoms with van der Waals surface area (Å²) in [4.78, 5) is 21.9. The number of hydrogen-bond donors (Lipinski definition) is 1. The number of amides is 1. The van der Waals surface area contributed by atoms with Crippen LogP contribution < -0.4 is 5.32 Å². The molecule has 4 rings (SSSR count). The van der Waals surface area contributed by atoms with E-state index in [1.165, 1.54) is 17.8 Å². The van der Waals surface area contributed by atoms with Crippen molar-refractivity contribution in [2.45, 2.75) is 13.3 Å². The monoisotopic (exact) mass is 435 g/mol. The Labute approximate surface area is 183 Å². The van der Waals surface area contributed by atoms with Gasteiger partial charge < -0.3 is 5.32 Å². The molecule has 1 aliphatic rings. The zero-order valence-electron chi connectivity index (χ0n) is 16.7. The Balaban J connectivity index is 1.51. The van der Waals surface area contributed by atoms with Crippen molar-refractivity contribution in [3.63, 3.8) is 0 Å². The molecule has 0 aliphatic carbocycles. The number of halogens is 2. The van der Waals surface area contributed by atoms with E-state index in [1.807, 2.05) is 55.5 Å². The predicted molar refractivity (Wildman–Crippen MR) is 123 cm³/mol. The SMILES string of the molecule is Cc1ccc(C2=Nc3ccccc3N=C(SCC(=O)Nc3ccc(F)c(F)c3)C2)cc1. The zero-order chi connectivity index (χ0) is 21.8. The highest BCUT2D eigenvalue weighted by molar-refractivity contribution is 8.14. The first kappa shape index (κ1) is 20.9. The smallest absolute Gasteiger partial charge is 0.234 e. The number of benzene rings is 3. The Kier molecular flexibility index (Phi) is 6.23. The minimum absolute atomic E-state index is 0.0845. The highest BCUT2D eigenvalue weighted by Gasteiger charge is 2.17. The molecule has 0 unspecified atom stereocenters. The van der Waals surface area contributed by atoms with Gasteiger partial charge in [-0.2, -0.15) is 0 Å². The van der Waals surface area contributed by atoms with E-state index in [1.54, 1.807) is 0 Å². The molecular formula is C24H19F2N3OS. The summed E-state index contributed by atoms with van der Waals surface area (Å²) >= 11 is 1.30. The summed E-state index contributed by atoms with van der Waals surface area (Å²) < 4.78 is 26.4. The average molecular weight is 435 g/mol. The molecule has 3 aromatic rings. The molecule has 1 N–H and O–H groups in total. The lowest BCUT2D eigenvalue weighted by Crippen LogP contribution is -2.16. The Bertz CT molecular complexity index is 1190. The van der Waals surface area contributed by atoms with Gasteiger partial charge in [0.25, 0.3) is 0 Å². The van der Waals surface area contributed by atoms with Crippen LogP contribution in [0.25, 0.3) is 0 Å². The molecule has 1 amide bonds. The molecular weight excluding hydrogens is 416 g/mol.